The summed E-state index contributed by atoms with van der Waals surface area (Å²) in [6.45, 7) is 9.48. The fraction of sp³-hybridized carbons (Fsp3) is 0.526. The van der Waals surface area contributed by atoms with E-state index in [1.807, 2.05) is 49.9 Å². The Morgan fingerprint density at radius 3 is 2.59 bits per heavy atom. The van der Waals surface area contributed by atoms with Crippen molar-refractivity contribution < 1.29 is 4.79 Å². The highest BCUT2D eigenvalue weighted by molar-refractivity contribution is 14.0. The number of imidazole rings is 1. The Morgan fingerprint density at radius 2 is 1.93 bits per heavy atom. The third kappa shape index (κ3) is 7.36. The lowest BCUT2D eigenvalue weighted by molar-refractivity contribution is -0.130. The van der Waals surface area contributed by atoms with Gasteiger partial charge in [-0.3, -0.25) is 9.79 Å². The van der Waals surface area contributed by atoms with Crippen LogP contribution in [0.1, 0.15) is 33.0 Å². The van der Waals surface area contributed by atoms with Crippen LogP contribution in [0.3, 0.4) is 0 Å². The number of halogens is 1. The van der Waals surface area contributed by atoms with E-state index in [0.717, 1.165) is 55.4 Å². The lowest BCUT2D eigenvalue weighted by atomic mass is 10.3. The van der Waals surface area contributed by atoms with Gasteiger partial charge in [-0.1, -0.05) is 12.1 Å². The van der Waals surface area contributed by atoms with Crippen molar-refractivity contribution in [2.24, 2.45) is 4.99 Å². The quantitative estimate of drug-likeness (QED) is 0.289. The third-order valence-corrected chi connectivity index (χ3v) is 4.15. The van der Waals surface area contributed by atoms with Crippen LogP contribution in [-0.2, 0) is 11.2 Å². The zero-order chi connectivity index (χ0) is 18.8. The van der Waals surface area contributed by atoms with Gasteiger partial charge >= 0.3 is 0 Å². The van der Waals surface area contributed by atoms with Gasteiger partial charge in [-0.25, -0.2) is 4.98 Å². The fourth-order valence-electron chi connectivity index (χ4n) is 2.76. The molecule has 0 fully saturated rings. The summed E-state index contributed by atoms with van der Waals surface area (Å²) in [5.41, 5.74) is 2.04. The zero-order valence-electron chi connectivity index (χ0n) is 16.4. The van der Waals surface area contributed by atoms with Crippen molar-refractivity contribution in [3.05, 3.63) is 30.1 Å². The topological polar surface area (TPSA) is 85.4 Å². The van der Waals surface area contributed by atoms with Gasteiger partial charge in [0.1, 0.15) is 5.82 Å². The van der Waals surface area contributed by atoms with E-state index in [4.69, 9.17) is 0 Å². The molecule has 150 valence electrons. The number of benzene rings is 1. The molecular formula is C19H31IN6O. The highest BCUT2D eigenvalue weighted by Gasteiger charge is 2.08. The van der Waals surface area contributed by atoms with E-state index in [0.29, 0.717) is 13.0 Å². The van der Waals surface area contributed by atoms with Crippen molar-refractivity contribution in [3.8, 4) is 0 Å². The van der Waals surface area contributed by atoms with Crippen LogP contribution in [0, 0.1) is 0 Å². The number of H-pyrrole nitrogens is 1. The van der Waals surface area contributed by atoms with E-state index in [-0.39, 0.29) is 29.9 Å². The number of guanidine groups is 1. The number of aromatic amines is 1. The predicted molar refractivity (Wildman–Crippen MR) is 122 cm³/mol. The van der Waals surface area contributed by atoms with Gasteiger partial charge in [0.25, 0.3) is 0 Å². The van der Waals surface area contributed by atoms with Crippen LogP contribution in [-0.4, -0.2) is 59.5 Å². The number of carbonyl (C=O) groups is 1. The van der Waals surface area contributed by atoms with E-state index in [2.05, 4.69) is 25.6 Å². The minimum atomic E-state index is 0. The van der Waals surface area contributed by atoms with Gasteiger partial charge in [0.2, 0.25) is 5.91 Å². The van der Waals surface area contributed by atoms with Gasteiger partial charge in [0.15, 0.2) is 5.96 Å². The van der Waals surface area contributed by atoms with Crippen molar-refractivity contribution in [1.29, 1.82) is 0 Å². The summed E-state index contributed by atoms with van der Waals surface area (Å²) in [4.78, 5) is 26.3. The minimum Gasteiger partial charge on any atom is -0.357 e. The first kappa shape index (κ1) is 23.2. The molecule has 0 radical (unpaired) electrons. The number of rotatable bonds is 9. The normalized spacial score (nSPS) is 11.1. The number of nitrogens with zero attached hydrogens (tertiary/aromatic N) is 3. The Hall–Kier alpha value is -1.84. The Kier molecular flexibility index (Phi) is 10.8. The molecular weight excluding hydrogens is 455 g/mol. The largest absolute Gasteiger partial charge is 0.357 e. The Morgan fingerprint density at radius 1 is 1.19 bits per heavy atom. The van der Waals surface area contributed by atoms with Crippen LogP contribution in [0.5, 0.6) is 0 Å². The third-order valence-electron chi connectivity index (χ3n) is 4.15. The molecule has 7 nitrogen and oxygen atoms in total. The van der Waals surface area contributed by atoms with Crippen molar-refractivity contribution in [3.63, 3.8) is 0 Å². The number of nitrogens with one attached hydrogen (secondary N) is 3. The first-order valence-corrected chi connectivity index (χ1v) is 9.41. The van der Waals surface area contributed by atoms with E-state index in [9.17, 15) is 4.79 Å². The molecule has 2 aromatic rings. The summed E-state index contributed by atoms with van der Waals surface area (Å²) in [5.74, 6) is 1.83. The SMILES string of the molecule is CCNC(=NCCC(=O)N(CC)CC)NCCc1nc2ccccc2[nH]1.I. The van der Waals surface area contributed by atoms with Crippen LogP contribution in [0.4, 0.5) is 0 Å². The Bertz CT molecular complexity index is 693. The van der Waals surface area contributed by atoms with Crippen LogP contribution in [0.25, 0.3) is 11.0 Å². The molecule has 2 rings (SSSR count). The molecule has 8 heteroatoms. The van der Waals surface area contributed by atoms with Crippen molar-refractivity contribution in [2.75, 3.05) is 32.7 Å². The summed E-state index contributed by atoms with van der Waals surface area (Å²) >= 11 is 0. The number of aromatic nitrogens is 2. The highest BCUT2D eigenvalue weighted by atomic mass is 127. The number of amides is 1. The monoisotopic (exact) mass is 486 g/mol. The first-order valence-electron chi connectivity index (χ1n) is 9.41. The molecule has 1 aromatic heterocycles. The molecule has 0 bridgehead atoms. The van der Waals surface area contributed by atoms with E-state index < -0.39 is 0 Å². The zero-order valence-corrected chi connectivity index (χ0v) is 18.7. The molecule has 0 atom stereocenters. The van der Waals surface area contributed by atoms with Gasteiger partial charge in [0, 0.05) is 39.0 Å². The molecule has 0 spiro atoms. The summed E-state index contributed by atoms with van der Waals surface area (Å²) < 4.78 is 0. The number of carbonyl (C=O) groups excluding carboxylic acids is 1. The second-order valence-electron chi connectivity index (χ2n) is 5.95. The lowest BCUT2D eigenvalue weighted by Gasteiger charge is -2.18. The highest BCUT2D eigenvalue weighted by Crippen LogP contribution is 2.10. The number of hydrogen-bond donors (Lipinski definition) is 3. The fourth-order valence-corrected chi connectivity index (χ4v) is 2.76. The number of aliphatic imine (C=N–C) groups is 1. The Balaban J connectivity index is 0.00000364. The summed E-state index contributed by atoms with van der Waals surface area (Å²) in [6, 6.07) is 8.01. The van der Waals surface area contributed by atoms with Crippen LogP contribution in [0.15, 0.2) is 29.3 Å². The molecule has 0 saturated carbocycles. The summed E-state index contributed by atoms with van der Waals surface area (Å²) in [7, 11) is 0. The molecule has 0 aliphatic carbocycles. The van der Waals surface area contributed by atoms with E-state index in [1.165, 1.54) is 0 Å². The van der Waals surface area contributed by atoms with Gasteiger partial charge in [-0.05, 0) is 32.9 Å². The van der Waals surface area contributed by atoms with Crippen molar-refractivity contribution in [2.45, 2.75) is 33.6 Å². The van der Waals surface area contributed by atoms with E-state index in [1.54, 1.807) is 0 Å². The standard InChI is InChI=1S/C19H30N6O.HI/c1-4-20-19(22-14-12-18(26)25(5-2)6-3)21-13-11-17-23-15-9-7-8-10-16(15)24-17;/h7-10H,4-6,11-14H2,1-3H3,(H,23,24)(H2,20,21,22);1H. The first-order chi connectivity index (χ1) is 12.7. The molecule has 1 amide bonds. The van der Waals surface area contributed by atoms with Crippen LogP contribution in [0.2, 0.25) is 0 Å². The molecule has 0 unspecified atom stereocenters. The predicted octanol–water partition coefficient (Wildman–Crippen LogP) is 2.54. The Labute approximate surface area is 178 Å². The number of hydrogen-bond acceptors (Lipinski definition) is 3. The van der Waals surface area contributed by atoms with Gasteiger partial charge < -0.3 is 20.5 Å². The van der Waals surface area contributed by atoms with Crippen LogP contribution >= 0.6 is 24.0 Å². The molecule has 27 heavy (non-hydrogen) atoms. The molecule has 0 aliphatic heterocycles. The molecule has 1 aromatic carbocycles. The maximum absolute atomic E-state index is 12.0. The molecule has 1 heterocycles. The maximum Gasteiger partial charge on any atom is 0.224 e. The second kappa shape index (κ2) is 12.5. The summed E-state index contributed by atoms with van der Waals surface area (Å²) in [6.07, 6.45) is 1.21. The van der Waals surface area contributed by atoms with Gasteiger partial charge in [-0.2, -0.15) is 0 Å². The lowest BCUT2D eigenvalue weighted by Crippen LogP contribution is -2.38. The smallest absolute Gasteiger partial charge is 0.224 e. The average Bonchev–Trinajstić information content (AvgIpc) is 3.05. The van der Waals surface area contributed by atoms with Gasteiger partial charge in [-0.15, -0.1) is 24.0 Å². The van der Waals surface area contributed by atoms with Crippen molar-refractivity contribution in [1.82, 2.24) is 25.5 Å². The molecule has 3 N–H and O–H groups in total. The second-order valence-corrected chi connectivity index (χ2v) is 5.95. The molecule has 0 saturated heterocycles. The minimum absolute atomic E-state index is 0. The van der Waals surface area contributed by atoms with Crippen LogP contribution < -0.4 is 10.6 Å². The summed E-state index contributed by atoms with van der Waals surface area (Å²) in [5, 5.41) is 6.51. The maximum atomic E-state index is 12.0. The number of para-hydroxylation sites is 2. The van der Waals surface area contributed by atoms with Gasteiger partial charge in [0.05, 0.1) is 17.6 Å². The van der Waals surface area contributed by atoms with E-state index >= 15 is 0 Å². The number of fused-ring (bicyclic) bond motifs is 1. The average molecular weight is 486 g/mol. The molecule has 0 aliphatic rings. The van der Waals surface area contributed by atoms with Crippen molar-refractivity contribution >= 4 is 46.9 Å².